The molecule has 134 valence electrons. The molecule has 0 saturated carbocycles. The van der Waals surface area contributed by atoms with Crippen LogP contribution in [0.25, 0.3) is 22.2 Å². The summed E-state index contributed by atoms with van der Waals surface area (Å²) in [7, 11) is 0. The van der Waals surface area contributed by atoms with Gasteiger partial charge in [-0.15, -0.1) is 0 Å². The molecule has 0 bridgehead atoms. The topological polar surface area (TPSA) is 87.3 Å². The molecule has 0 spiro atoms. The Hall–Kier alpha value is -3.22. The zero-order valence-electron chi connectivity index (χ0n) is 15.0. The van der Waals surface area contributed by atoms with Gasteiger partial charge < -0.3 is 4.74 Å². The average molecular weight is 353 g/mol. The smallest absolute Gasteiger partial charge is 0.435 e. The van der Waals surface area contributed by atoms with E-state index in [1.165, 1.54) is 6.07 Å². The Bertz CT molecular complexity index is 1000. The number of fused-ring (bicyclic) bond motifs is 1. The molecule has 3 rings (SSSR count). The highest BCUT2D eigenvalue weighted by Crippen LogP contribution is 2.33. The Kier molecular flexibility index (Phi) is 4.23. The molecule has 3 aromatic rings. The largest absolute Gasteiger partial charge is 0.442 e. The highest BCUT2D eigenvalue weighted by atomic mass is 16.6. The maximum absolute atomic E-state index is 12.6. The van der Waals surface area contributed by atoms with Gasteiger partial charge in [0.25, 0.3) is 5.69 Å². The second-order valence-corrected chi connectivity index (χ2v) is 7.02. The minimum Gasteiger partial charge on any atom is -0.442 e. The van der Waals surface area contributed by atoms with Gasteiger partial charge in [0.1, 0.15) is 11.3 Å². The monoisotopic (exact) mass is 353 g/mol. The molecular weight excluding hydrogens is 334 g/mol. The number of nitrogens with zero attached hydrogens (tertiary/aromatic N) is 3. The van der Waals surface area contributed by atoms with Gasteiger partial charge in [0, 0.05) is 22.6 Å². The third-order valence-corrected chi connectivity index (χ3v) is 3.81. The van der Waals surface area contributed by atoms with Gasteiger partial charge >= 0.3 is 6.09 Å². The second kappa shape index (κ2) is 6.25. The van der Waals surface area contributed by atoms with Crippen molar-refractivity contribution < 1.29 is 14.5 Å². The van der Waals surface area contributed by atoms with Gasteiger partial charge in [-0.3, -0.25) is 10.1 Å². The lowest BCUT2D eigenvalue weighted by Gasteiger charge is -2.19. The molecule has 0 radical (unpaired) electrons. The van der Waals surface area contributed by atoms with Crippen LogP contribution in [0.2, 0.25) is 0 Å². The summed E-state index contributed by atoms with van der Waals surface area (Å²) in [5.74, 6) is 0. The normalized spacial score (nSPS) is 11.5. The molecule has 26 heavy (non-hydrogen) atoms. The second-order valence-electron chi connectivity index (χ2n) is 7.02. The van der Waals surface area contributed by atoms with Gasteiger partial charge in [0.05, 0.1) is 10.4 Å². The molecular formula is C19H19N3O4. The number of aromatic nitrogens is 2. The van der Waals surface area contributed by atoms with Crippen molar-refractivity contribution in [2.75, 3.05) is 0 Å². The molecule has 1 aromatic heterocycles. The van der Waals surface area contributed by atoms with Gasteiger partial charge in [-0.25, -0.2) is 4.79 Å². The van der Waals surface area contributed by atoms with E-state index in [1.54, 1.807) is 33.8 Å². The molecule has 0 unspecified atom stereocenters. The number of carbonyl (C=O) groups excluding carboxylic acids is 1. The molecule has 0 N–H and O–H groups in total. The summed E-state index contributed by atoms with van der Waals surface area (Å²) in [6.45, 7) is 6.92. The van der Waals surface area contributed by atoms with Crippen molar-refractivity contribution >= 4 is 22.7 Å². The van der Waals surface area contributed by atoms with E-state index < -0.39 is 16.6 Å². The first-order chi connectivity index (χ1) is 12.2. The molecule has 7 heteroatoms. The Labute approximate surface area is 150 Å². The maximum atomic E-state index is 12.6. The Morgan fingerprint density at radius 1 is 1.19 bits per heavy atom. The first-order valence-corrected chi connectivity index (χ1v) is 8.14. The van der Waals surface area contributed by atoms with E-state index in [1.807, 2.05) is 30.3 Å². The van der Waals surface area contributed by atoms with Crippen LogP contribution in [0.3, 0.4) is 0 Å². The van der Waals surface area contributed by atoms with Gasteiger partial charge in [-0.1, -0.05) is 30.3 Å². The van der Waals surface area contributed by atoms with E-state index in [0.29, 0.717) is 22.2 Å². The van der Waals surface area contributed by atoms with Crippen molar-refractivity contribution in [3.63, 3.8) is 0 Å². The summed E-state index contributed by atoms with van der Waals surface area (Å²) < 4.78 is 6.50. The summed E-state index contributed by atoms with van der Waals surface area (Å²) in [5, 5.41) is 16.4. The fourth-order valence-electron chi connectivity index (χ4n) is 2.71. The summed E-state index contributed by atoms with van der Waals surface area (Å²) in [6.07, 6.45) is -0.678. The zero-order chi connectivity index (χ0) is 19.1. The number of nitro groups is 1. The van der Waals surface area contributed by atoms with Crippen molar-refractivity contribution in [2.45, 2.75) is 33.3 Å². The van der Waals surface area contributed by atoms with Crippen molar-refractivity contribution in [1.82, 2.24) is 9.78 Å². The lowest BCUT2D eigenvalue weighted by atomic mass is 10.1. The Balaban J connectivity index is 2.28. The molecule has 0 fully saturated rings. The molecule has 0 aliphatic carbocycles. The van der Waals surface area contributed by atoms with E-state index in [0.717, 1.165) is 10.2 Å². The van der Waals surface area contributed by atoms with Crippen molar-refractivity contribution in [3.05, 3.63) is 58.1 Å². The van der Waals surface area contributed by atoms with E-state index >= 15 is 0 Å². The number of nitro benzene ring substituents is 1. The third-order valence-electron chi connectivity index (χ3n) is 3.81. The number of hydrogen-bond donors (Lipinski definition) is 0. The molecule has 0 aliphatic rings. The number of carbonyl (C=O) groups is 1. The van der Waals surface area contributed by atoms with Crippen molar-refractivity contribution in [3.8, 4) is 11.3 Å². The van der Waals surface area contributed by atoms with Crippen LogP contribution in [0.4, 0.5) is 10.5 Å². The number of rotatable bonds is 2. The van der Waals surface area contributed by atoms with Crippen LogP contribution in [0, 0.1) is 17.0 Å². The van der Waals surface area contributed by atoms with Crippen molar-refractivity contribution in [1.29, 1.82) is 0 Å². The third kappa shape index (κ3) is 3.28. The molecule has 0 atom stereocenters. The van der Waals surface area contributed by atoms with Crippen LogP contribution >= 0.6 is 0 Å². The Morgan fingerprint density at radius 3 is 2.42 bits per heavy atom. The summed E-state index contributed by atoms with van der Waals surface area (Å²) in [4.78, 5) is 23.4. The first-order valence-electron chi connectivity index (χ1n) is 8.14. The van der Waals surface area contributed by atoms with Gasteiger partial charge in [-0.2, -0.15) is 9.78 Å². The maximum Gasteiger partial charge on any atom is 0.435 e. The summed E-state index contributed by atoms with van der Waals surface area (Å²) >= 11 is 0. The standard InChI is InChI=1S/C19H19N3O4/c1-12-10-14-16(11-15(12)22(24)25)21(18(23)26-19(2,3)4)20-17(14)13-8-6-5-7-9-13/h5-11H,1-4H3. The van der Waals surface area contributed by atoms with E-state index in [4.69, 9.17) is 4.74 Å². The highest BCUT2D eigenvalue weighted by Gasteiger charge is 2.25. The first kappa shape index (κ1) is 17.6. The number of ether oxygens (including phenoxy) is 1. The van der Waals surface area contributed by atoms with Gasteiger partial charge in [0.15, 0.2) is 0 Å². The lowest BCUT2D eigenvalue weighted by Crippen LogP contribution is -2.27. The zero-order valence-corrected chi connectivity index (χ0v) is 15.0. The fourth-order valence-corrected chi connectivity index (χ4v) is 2.71. The summed E-state index contributed by atoms with van der Waals surface area (Å²) in [5.41, 5.74) is 1.46. The van der Waals surface area contributed by atoms with Crippen molar-refractivity contribution in [2.24, 2.45) is 0 Å². The summed E-state index contributed by atoms with van der Waals surface area (Å²) in [6, 6.07) is 12.4. The van der Waals surface area contributed by atoms with Gasteiger partial charge in [-0.05, 0) is 33.8 Å². The molecule has 2 aromatic carbocycles. The minimum atomic E-state index is -0.709. The fraction of sp³-hybridized carbons (Fsp3) is 0.263. The number of aryl methyl sites for hydroxylation is 1. The lowest BCUT2D eigenvalue weighted by molar-refractivity contribution is -0.385. The average Bonchev–Trinajstić information content (AvgIpc) is 2.91. The van der Waals surface area contributed by atoms with Crippen LogP contribution in [-0.4, -0.2) is 26.4 Å². The minimum absolute atomic E-state index is 0.0678. The highest BCUT2D eigenvalue weighted by molar-refractivity contribution is 5.99. The molecule has 1 heterocycles. The number of benzene rings is 2. The van der Waals surface area contributed by atoms with Crippen LogP contribution in [0.1, 0.15) is 26.3 Å². The molecule has 7 nitrogen and oxygen atoms in total. The molecule has 0 amide bonds. The van der Waals surface area contributed by atoms with E-state index in [2.05, 4.69) is 5.10 Å². The quantitative estimate of drug-likeness (QED) is 0.492. The Morgan fingerprint density at radius 2 is 1.85 bits per heavy atom. The predicted molar refractivity (Wildman–Crippen MR) is 98.2 cm³/mol. The number of hydrogen-bond acceptors (Lipinski definition) is 5. The SMILES string of the molecule is Cc1cc2c(-c3ccccc3)nn(C(=O)OC(C)(C)C)c2cc1[N+](=O)[O-]. The van der Waals surface area contributed by atoms with E-state index in [9.17, 15) is 14.9 Å². The van der Waals surface area contributed by atoms with Crippen LogP contribution in [0.5, 0.6) is 0 Å². The van der Waals surface area contributed by atoms with Crippen LogP contribution < -0.4 is 0 Å². The predicted octanol–water partition coefficient (Wildman–Crippen LogP) is 4.70. The van der Waals surface area contributed by atoms with Crippen LogP contribution in [0.15, 0.2) is 42.5 Å². The van der Waals surface area contributed by atoms with Gasteiger partial charge in [0.2, 0.25) is 0 Å². The van der Waals surface area contributed by atoms with Crippen LogP contribution in [-0.2, 0) is 4.74 Å². The molecule has 0 saturated heterocycles. The van der Waals surface area contributed by atoms with E-state index in [-0.39, 0.29) is 5.69 Å². The molecule has 0 aliphatic heterocycles.